The quantitative estimate of drug-likeness (QED) is 0.844. The maximum absolute atomic E-state index is 10.6. The highest BCUT2D eigenvalue weighted by molar-refractivity contribution is 5.83. The van der Waals surface area contributed by atoms with Crippen LogP contribution in [-0.4, -0.2) is 17.1 Å². The molecule has 0 heterocycles. The van der Waals surface area contributed by atoms with Crippen LogP contribution in [0.1, 0.15) is 12.0 Å². The van der Waals surface area contributed by atoms with E-state index in [4.69, 9.17) is 10.8 Å². The van der Waals surface area contributed by atoms with Gasteiger partial charge in [-0.15, -0.1) is 0 Å². The lowest BCUT2D eigenvalue weighted by molar-refractivity contribution is -0.138. The Labute approximate surface area is 99.9 Å². The van der Waals surface area contributed by atoms with Crippen LogP contribution in [0.4, 0.5) is 0 Å². The monoisotopic (exact) mass is 229 g/mol. The fourth-order valence-electron chi connectivity index (χ4n) is 1.84. The molecule has 0 spiro atoms. The molecule has 3 heteroatoms. The number of aryl methyl sites for hydroxylation is 1. The van der Waals surface area contributed by atoms with Crippen molar-refractivity contribution >= 4 is 16.7 Å². The molecule has 0 bridgehead atoms. The second-order valence-corrected chi connectivity index (χ2v) is 4.16. The molecule has 88 valence electrons. The van der Waals surface area contributed by atoms with E-state index >= 15 is 0 Å². The molecule has 0 saturated heterocycles. The van der Waals surface area contributed by atoms with E-state index in [0.29, 0.717) is 12.8 Å². The number of fused-ring (bicyclic) bond motifs is 1. The average Bonchev–Trinajstić information content (AvgIpc) is 2.35. The van der Waals surface area contributed by atoms with Crippen LogP contribution in [0.5, 0.6) is 0 Å². The van der Waals surface area contributed by atoms with Crippen molar-refractivity contribution < 1.29 is 9.90 Å². The first kappa shape index (κ1) is 11.6. The molecule has 2 rings (SSSR count). The van der Waals surface area contributed by atoms with Crippen molar-refractivity contribution in [2.24, 2.45) is 5.73 Å². The number of rotatable bonds is 4. The Morgan fingerprint density at radius 1 is 1.18 bits per heavy atom. The predicted molar refractivity (Wildman–Crippen MR) is 67.9 cm³/mol. The minimum absolute atomic E-state index is 0.466. The Kier molecular flexibility index (Phi) is 3.40. The van der Waals surface area contributed by atoms with Crippen molar-refractivity contribution in [2.45, 2.75) is 18.9 Å². The lowest BCUT2D eigenvalue weighted by Crippen LogP contribution is -2.30. The van der Waals surface area contributed by atoms with Gasteiger partial charge < -0.3 is 10.8 Å². The van der Waals surface area contributed by atoms with Crippen LogP contribution in [0.15, 0.2) is 42.5 Å². The number of hydrogen-bond acceptors (Lipinski definition) is 2. The average molecular weight is 229 g/mol. The van der Waals surface area contributed by atoms with Crippen LogP contribution in [0.3, 0.4) is 0 Å². The fourth-order valence-corrected chi connectivity index (χ4v) is 1.84. The van der Waals surface area contributed by atoms with Gasteiger partial charge in [-0.2, -0.15) is 0 Å². The number of carbonyl (C=O) groups is 1. The van der Waals surface area contributed by atoms with Crippen LogP contribution < -0.4 is 5.73 Å². The van der Waals surface area contributed by atoms with Gasteiger partial charge in [0.05, 0.1) is 0 Å². The van der Waals surface area contributed by atoms with Crippen LogP contribution in [0.2, 0.25) is 0 Å². The van der Waals surface area contributed by atoms with Gasteiger partial charge in [0.2, 0.25) is 0 Å². The highest BCUT2D eigenvalue weighted by Gasteiger charge is 2.10. The van der Waals surface area contributed by atoms with Crippen molar-refractivity contribution in [1.82, 2.24) is 0 Å². The summed E-state index contributed by atoms with van der Waals surface area (Å²) in [5.41, 5.74) is 6.60. The first-order chi connectivity index (χ1) is 8.16. The lowest BCUT2D eigenvalue weighted by Gasteiger charge is -2.07. The predicted octanol–water partition coefficient (Wildman–Crippen LogP) is 2.18. The number of carboxylic acids is 1. The molecule has 1 atom stereocenters. The van der Waals surface area contributed by atoms with Gasteiger partial charge in [-0.05, 0) is 29.2 Å². The maximum Gasteiger partial charge on any atom is 0.320 e. The summed E-state index contributed by atoms with van der Waals surface area (Å²) in [6, 6.07) is 13.5. The summed E-state index contributed by atoms with van der Waals surface area (Å²) in [7, 11) is 0. The van der Waals surface area contributed by atoms with E-state index in [0.717, 1.165) is 5.56 Å². The van der Waals surface area contributed by atoms with Crippen LogP contribution in [-0.2, 0) is 11.2 Å². The van der Waals surface area contributed by atoms with Gasteiger partial charge in [0.15, 0.2) is 0 Å². The summed E-state index contributed by atoms with van der Waals surface area (Å²) in [5, 5.41) is 11.1. The van der Waals surface area contributed by atoms with Crippen LogP contribution in [0, 0.1) is 0 Å². The van der Waals surface area contributed by atoms with Gasteiger partial charge in [-0.3, -0.25) is 4.79 Å². The molecule has 3 N–H and O–H groups in total. The Balaban J connectivity index is 2.12. The van der Waals surface area contributed by atoms with Gasteiger partial charge in [0.25, 0.3) is 0 Å². The van der Waals surface area contributed by atoms with Crippen LogP contribution >= 0.6 is 0 Å². The Hall–Kier alpha value is -1.87. The van der Waals surface area contributed by atoms with Crippen molar-refractivity contribution in [3.8, 4) is 0 Å². The third-order valence-corrected chi connectivity index (χ3v) is 2.88. The molecule has 2 aromatic carbocycles. The number of aliphatic carboxylic acids is 1. The number of carboxylic acid groups (broad SMARTS) is 1. The van der Waals surface area contributed by atoms with E-state index in [-0.39, 0.29) is 0 Å². The van der Waals surface area contributed by atoms with Gasteiger partial charge in [0, 0.05) is 0 Å². The fraction of sp³-hybridized carbons (Fsp3) is 0.214. The Morgan fingerprint density at radius 2 is 1.88 bits per heavy atom. The summed E-state index contributed by atoms with van der Waals surface area (Å²) >= 11 is 0. The van der Waals surface area contributed by atoms with Gasteiger partial charge in [0.1, 0.15) is 6.04 Å². The number of nitrogens with two attached hydrogens (primary N) is 1. The van der Waals surface area contributed by atoms with E-state index in [1.54, 1.807) is 0 Å². The normalized spacial score (nSPS) is 12.5. The molecular weight excluding hydrogens is 214 g/mol. The second-order valence-electron chi connectivity index (χ2n) is 4.16. The minimum Gasteiger partial charge on any atom is -0.480 e. The van der Waals surface area contributed by atoms with Crippen molar-refractivity contribution in [3.63, 3.8) is 0 Å². The summed E-state index contributed by atoms with van der Waals surface area (Å²) in [6.45, 7) is 0. The topological polar surface area (TPSA) is 63.3 Å². The molecule has 0 fully saturated rings. The van der Waals surface area contributed by atoms with Gasteiger partial charge >= 0.3 is 5.97 Å². The summed E-state index contributed by atoms with van der Waals surface area (Å²) < 4.78 is 0. The Bertz CT molecular complexity index is 536. The third kappa shape index (κ3) is 2.82. The molecule has 17 heavy (non-hydrogen) atoms. The molecular formula is C14H15NO2. The largest absolute Gasteiger partial charge is 0.480 e. The molecule has 0 aromatic heterocycles. The van der Waals surface area contributed by atoms with Crippen molar-refractivity contribution in [2.75, 3.05) is 0 Å². The van der Waals surface area contributed by atoms with E-state index in [1.807, 2.05) is 18.2 Å². The molecule has 0 aliphatic heterocycles. The molecule has 0 radical (unpaired) electrons. The maximum atomic E-state index is 10.6. The lowest BCUT2D eigenvalue weighted by atomic mass is 10.0. The summed E-state index contributed by atoms with van der Waals surface area (Å²) in [5.74, 6) is -0.939. The molecule has 0 aliphatic carbocycles. The number of benzene rings is 2. The molecule has 0 saturated carbocycles. The van der Waals surface area contributed by atoms with E-state index < -0.39 is 12.0 Å². The SMILES string of the molecule is N[C@@H](CCc1ccc2ccccc2c1)C(=O)O. The van der Waals surface area contributed by atoms with Crippen molar-refractivity contribution in [3.05, 3.63) is 48.0 Å². The second kappa shape index (κ2) is 4.97. The number of hydrogen-bond donors (Lipinski definition) is 2. The molecule has 0 amide bonds. The van der Waals surface area contributed by atoms with Crippen molar-refractivity contribution in [1.29, 1.82) is 0 Å². The molecule has 0 unspecified atom stereocenters. The molecule has 0 aliphatic rings. The van der Waals surface area contributed by atoms with E-state index in [9.17, 15) is 4.79 Å². The highest BCUT2D eigenvalue weighted by Crippen LogP contribution is 2.16. The summed E-state index contributed by atoms with van der Waals surface area (Å²) in [4.78, 5) is 10.6. The zero-order valence-corrected chi connectivity index (χ0v) is 9.47. The highest BCUT2D eigenvalue weighted by atomic mass is 16.4. The molecule has 3 nitrogen and oxygen atoms in total. The molecule has 2 aromatic rings. The first-order valence-corrected chi connectivity index (χ1v) is 5.63. The smallest absolute Gasteiger partial charge is 0.320 e. The summed E-state index contributed by atoms with van der Waals surface area (Å²) in [6.07, 6.45) is 1.16. The third-order valence-electron chi connectivity index (χ3n) is 2.88. The minimum atomic E-state index is -0.939. The van der Waals surface area contributed by atoms with E-state index in [1.165, 1.54) is 10.8 Å². The zero-order valence-electron chi connectivity index (χ0n) is 9.47. The zero-order chi connectivity index (χ0) is 12.3. The van der Waals surface area contributed by atoms with E-state index in [2.05, 4.69) is 24.3 Å². The Morgan fingerprint density at radius 3 is 2.59 bits per heavy atom. The van der Waals surface area contributed by atoms with Gasteiger partial charge in [-0.25, -0.2) is 0 Å². The van der Waals surface area contributed by atoms with Gasteiger partial charge in [-0.1, -0.05) is 42.5 Å². The first-order valence-electron chi connectivity index (χ1n) is 5.63. The van der Waals surface area contributed by atoms with Crippen LogP contribution in [0.25, 0.3) is 10.8 Å². The standard InChI is InChI=1S/C14H15NO2/c15-13(14(16)17)8-6-10-5-7-11-3-1-2-4-12(11)9-10/h1-5,7,9,13H,6,8,15H2,(H,16,17)/t13-/m0/s1.